The fraction of sp³-hybridized carbons (Fsp3) is 0.200. The van der Waals surface area contributed by atoms with Gasteiger partial charge >= 0.3 is 0 Å². The molecule has 0 radical (unpaired) electrons. The molecule has 178 valence electrons. The molecule has 0 N–H and O–H groups in total. The molecule has 35 heavy (non-hydrogen) atoms. The summed E-state index contributed by atoms with van der Waals surface area (Å²) in [6, 6.07) is 26.5. The summed E-state index contributed by atoms with van der Waals surface area (Å²) >= 11 is 6.67. The average molecular weight is 483 g/mol. The molecule has 0 aromatic heterocycles. The Kier molecular flexibility index (Phi) is 7.52. The first-order chi connectivity index (χ1) is 17.0. The Bertz CT molecular complexity index is 1310. The predicted octanol–water partition coefficient (Wildman–Crippen LogP) is 7.42. The number of fused-ring (bicyclic) bond motifs is 1. The standard InChI is InChI=1S/C28H25ClN4.C2H6/c1-19-17-25(26-18-21-13-7-10-16-24(21)30-26)31-28(32(19)2)33(3)27(20-11-5-4-6-12-20)22-14-8-9-15-23(22)29;1-2/h4-17,27H,1,18H2,2-3H3;1-2H3. The summed E-state index contributed by atoms with van der Waals surface area (Å²) in [6.07, 6.45) is 2.78. The van der Waals surface area contributed by atoms with E-state index in [4.69, 9.17) is 21.6 Å². The van der Waals surface area contributed by atoms with Gasteiger partial charge in [-0.05, 0) is 34.9 Å². The van der Waals surface area contributed by atoms with Crippen molar-refractivity contribution in [3.8, 4) is 0 Å². The smallest absolute Gasteiger partial charge is 0.206 e. The van der Waals surface area contributed by atoms with Gasteiger partial charge in [-0.2, -0.15) is 0 Å². The lowest BCUT2D eigenvalue weighted by atomic mass is 9.97. The van der Waals surface area contributed by atoms with Crippen molar-refractivity contribution in [1.29, 1.82) is 0 Å². The zero-order chi connectivity index (χ0) is 24.9. The van der Waals surface area contributed by atoms with Crippen LogP contribution < -0.4 is 0 Å². The van der Waals surface area contributed by atoms with Crippen LogP contribution >= 0.6 is 11.6 Å². The third-order valence-corrected chi connectivity index (χ3v) is 6.52. The summed E-state index contributed by atoms with van der Waals surface area (Å²) < 4.78 is 0. The Labute approximate surface area is 213 Å². The van der Waals surface area contributed by atoms with E-state index in [1.54, 1.807) is 0 Å². The molecule has 4 nitrogen and oxygen atoms in total. The first-order valence-electron chi connectivity index (χ1n) is 11.9. The van der Waals surface area contributed by atoms with Crippen LogP contribution in [0.25, 0.3) is 0 Å². The van der Waals surface area contributed by atoms with E-state index >= 15 is 0 Å². The van der Waals surface area contributed by atoms with Crippen LogP contribution in [0.15, 0.2) is 113 Å². The summed E-state index contributed by atoms with van der Waals surface area (Å²) in [6.45, 7) is 8.28. The summed E-state index contributed by atoms with van der Waals surface area (Å²) in [5.74, 6) is 0.796. The third-order valence-electron chi connectivity index (χ3n) is 6.17. The fourth-order valence-corrected chi connectivity index (χ4v) is 4.64. The molecule has 3 aromatic carbocycles. The van der Waals surface area contributed by atoms with E-state index in [0.717, 1.165) is 51.3 Å². The second kappa shape index (κ2) is 10.7. The molecule has 2 aliphatic heterocycles. The van der Waals surface area contributed by atoms with Crippen molar-refractivity contribution in [2.75, 3.05) is 14.1 Å². The number of rotatable bonds is 4. The Balaban J connectivity index is 0.00000141. The highest BCUT2D eigenvalue weighted by molar-refractivity contribution is 6.31. The minimum atomic E-state index is -0.115. The largest absolute Gasteiger partial charge is 0.334 e. The van der Waals surface area contributed by atoms with Crippen LogP contribution in [0.5, 0.6) is 0 Å². The van der Waals surface area contributed by atoms with Crippen LogP contribution in [0, 0.1) is 0 Å². The fourth-order valence-electron chi connectivity index (χ4n) is 4.40. The third kappa shape index (κ3) is 4.94. The minimum absolute atomic E-state index is 0.115. The van der Waals surface area contributed by atoms with Gasteiger partial charge in [0.05, 0.1) is 23.1 Å². The van der Waals surface area contributed by atoms with E-state index in [-0.39, 0.29) is 6.04 Å². The quantitative estimate of drug-likeness (QED) is 0.387. The van der Waals surface area contributed by atoms with Gasteiger partial charge in [0.25, 0.3) is 0 Å². The number of guanidine groups is 1. The van der Waals surface area contributed by atoms with E-state index in [1.807, 2.05) is 80.4 Å². The van der Waals surface area contributed by atoms with Crippen LogP contribution in [-0.2, 0) is 6.42 Å². The van der Waals surface area contributed by atoms with Gasteiger partial charge in [0.1, 0.15) is 0 Å². The highest BCUT2D eigenvalue weighted by atomic mass is 35.5. The van der Waals surface area contributed by atoms with Crippen LogP contribution in [-0.4, -0.2) is 35.6 Å². The summed E-state index contributed by atoms with van der Waals surface area (Å²) in [5, 5.41) is 0.725. The van der Waals surface area contributed by atoms with Crippen LogP contribution in [0.1, 0.15) is 36.6 Å². The summed E-state index contributed by atoms with van der Waals surface area (Å²) in [4.78, 5) is 14.1. The van der Waals surface area contributed by atoms with Gasteiger partial charge < -0.3 is 9.80 Å². The van der Waals surface area contributed by atoms with Crippen molar-refractivity contribution in [2.45, 2.75) is 26.3 Å². The normalized spacial score (nSPS) is 15.3. The number of aliphatic imine (C=N–C) groups is 2. The molecular weight excluding hydrogens is 452 g/mol. The molecule has 3 aromatic rings. The molecular formula is C30H31ClN4. The average Bonchev–Trinajstić information content (AvgIpc) is 3.33. The molecule has 0 fully saturated rings. The summed E-state index contributed by atoms with van der Waals surface area (Å²) in [5.41, 5.74) is 7.08. The molecule has 5 rings (SSSR count). The Morgan fingerprint density at radius 1 is 0.914 bits per heavy atom. The molecule has 2 aliphatic rings. The van der Waals surface area contributed by atoms with Crippen molar-refractivity contribution in [3.05, 3.63) is 125 Å². The van der Waals surface area contributed by atoms with E-state index < -0.39 is 0 Å². The molecule has 0 bridgehead atoms. The van der Waals surface area contributed by atoms with Crippen molar-refractivity contribution >= 4 is 29.0 Å². The van der Waals surface area contributed by atoms with Crippen molar-refractivity contribution in [2.24, 2.45) is 9.98 Å². The monoisotopic (exact) mass is 482 g/mol. The molecule has 0 amide bonds. The maximum absolute atomic E-state index is 6.67. The van der Waals surface area contributed by atoms with Crippen molar-refractivity contribution in [1.82, 2.24) is 9.80 Å². The Morgan fingerprint density at radius 3 is 2.29 bits per heavy atom. The van der Waals surface area contributed by atoms with Gasteiger partial charge in [-0.15, -0.1) is 0 Å². The van der Waals surface area contributed by atoms with Crippen molar-refractivity contribution < 1.29 is 0 Å². The highest BCUT2D eigenvalue weighted by Crippen LogP contribution is 2.35. The zero-order valence-electron chi connectivity index (χ0n) is 20.7. The SMILES string of the molecule is C=C1C=C(C2=Nc3ccccc3C2)N=C(N(C)C(c2ccccc2)c2ccccc2Cl)N1C.CC. The number of hydrogen-bond acceptors (Lipinski definition) is 4. The van der Waals surface area contributed by atoms with Gasteiger partial charge in [0, 0.05) is 31.2 Å². The number of allylic oxidation sites excluding steroid dienone is 2. The second-order valence-electron chi connectivity index (χ2n) is 8.30. The lowest BCUT2D eigenvalue weighted by molar-refractivity contribution is 0.374. The maximum atomic E-state index is 6.67. The van der Waals surface area contributed by atoms with Gasteiger partial charge in [-0.1, -0.05) is 98.8 Å². The van der Waals surface area contributed by atoms with Crippen LogP contribution in [0.2, 0.25) is 5.02 Å². The van der Waals surface area contributed by atoms with Gasteiger partial charge in [-0.3, -0.25) is 4.99 Å². The first-order valence-corrected chi connectivity index (χ1v) is 12.3. The molecule has 2 heterocycles. The van der Waals surface area contributed by atoms with E-state index in [9.17, 15) is 0 Å². The second-order valence-corrected chi connectivity index (χ2v) is 8.71. The van der Waals surface area contributed by atoms with E-state index in [1.165, 1.54) is 5.56 Å². The van der Waals surface area contributed by atoms with Crippen molar-refractivity contribution in [3.63, 3.8) is 0 Å². The number of nitrogens with zero attached hydrogens (tertiary/aromatic N) is 4. The minimum Gasteiger partial charge on any atom is -0.334 e. The Morgan fingerprint density at radius 2 is 1.57 bits per heavy atom. The number of halogens is 1. The Hall–Kier alpha value is -3.63. The predicted molar refractivity (Wildman–Crippen MR) is 149 cm³/mol. The molecule has 0 aliphatic carbocycles. The van der Waals surface area contributed by atoms with E-state index in [2.05, 4.69) is 48.9 Å². The van der Waals surface area contributed by atoms with E-state index in [0.29, 0.717) is 0 Å². The summed E-state index contributed by atoms with van der Waals surface area (Å²) in [7, 11) is 4.04. The first kappa shape index (κ1) is 24.5. The highest BCUT2D eigenvalue weighted by Gasteiger charge is 2.30. The zero-order valence-corrected chi connectivity index (χ0v) is 21.5. The topological polar surface area (TPSA) is 31.2 Å². The van der Waals surface area contributed by atoms with Gasteiger partial charge in [0.15, 0.2) is 0 Å². The molecule has 0 spiro atoms. The van der Waals surface area contributed by atoms with Gasteiger partial charge in [0.2, 0.25) is 5.96 Å². The maximum Gasteiger partial charge on any atom is 0.206 e. The van der Waals surface area contributed by atoms with Gasteiger partial charge in [-0.25, -0.2) is 4.99 Å². The molecule has 1 unspecified atom stereocenters. The number of likely N-dealkylation sites (N-methyl/N-ethyl adjacent to an activating group) is 1. The number of para-hydroxylation sites is 1. The number of benzene rings is 3. The van der Waals surface area contributed by atoms with Crippen LogP contribution in [0.3, 0.4) is 0 Å². The molecule has 5 heteroatoms. The molecule has 1 atom stereocenters. The molecule has 0 saturated heterocycles. The van der Waals surface area contributed by atoms with Crippen LogP contribution in [0.4, 0.5) is 5.69 Å². The molecule has 0 saturated carbocycles. The number of hydrogen-bond donors (Lipinski definition) is 0. The lowest BCUT2D eigenvalue weighted by Gasteiger charge is -2.38. The lowest BCUT2D eigenvalue weighted by Crippen LogP contribution is -2.43.